The van der Waals surface area contributed by atoms with Gasteiger partial charge in [-0.2, -0.15) is 5.10 Å². The second-order valence-electron chi connectivity index (χ2n) is 5.68. The normalized spacial score (nSPS) is 12.1. The van der Waals surface area contributed by atoms with E-state index in [0.717, 1.165) is 15.8 Å². The number of carbonyl (C=O) groups excluding carboxylic acids is 1. The van der Waals surface area contributed by atoms with Gasteiger partial charge < -0.3 is 14.9 Å². The van der Waals surface area contributed by atoms with Gasteiger partial charge in [-0.3, -0.25) is 4.79 Å². The second-order valence-corrected chi connectivity index (χ2v) is 7.45. The predicted octanol–water partition coefficient (Wildman–Crippen LogP) is 4.28. The van der Waals surface area contributed by atoms with Gasteiger partial charge in [0.1, 0.15) is 11.5 Å². The zero-order valence-electron chi connectivity index (χ0n) is 14.7. The molecule has 0 saturated heterocycles. The number of hydrazone groups is 1. The fourth-order valence-corrected chi connectivity index (χ4v) is 3.56. The monoisotopic (exact) mass is 498 g/mol. The number of carbonyl (C=O) groups is 1. The fraction of sp³-hybridized carbons (Fsp3) is 0.263. The smallest absolute Gasteiger partial charge is 0.240 e. The fourth-order valence-electron chi connectivity index (χ4n) is 2.30. The van der Waals surface area contributed by atoms with Crippen LogP contribution in [0.5, 0.6) is 11.5 Å². The molecule has 0 unspecified atom stereocenters. The lowest BCUT2D eigenvalue weighted by Gasteiger charge is -2.11. The van der Waals surface area contributed by atoms with Gasteiger partial charge in [-0.05, 0) is 59.1 Å². The molecule has 2 aromatic carbocycles. The summed E-state index contributed by atoms with van der Waals surface area (Å²) < 4.78 is 6.64. The average Bonchev–Trinajstić information content (AvgIpc) is 2.64. The Labute approximate surface area is 174 Å². The Hall–Kier alpha value is -1.90. The van der Waals surface area contributed by atoms with Crippen molar-refractivity contribution in [2.24, 2.45) is 5.10 Å². The number of aliphatic hydroxyl groups is 1. The number of halogens is 2. The van der Waals surface area contributed by atoms with Crippen molar-refractivity contribution in [1.29, 1.82) is 0 Å². The molecule has 0 aliphatic carbocycles. The Kier molecular flexibility index (Phi) is 8.27. The average molecular weight is 500 g/mol. The molecule has 3 N–H and O–H groups in total. The van der Waals surface area contributed by atoms with Crippen LogP contribution in [0.25, 0.3) is 0 Å². The van der Waals surface area contributed by atoms with Gasteiger partial charge in [0.2, 0.25) is 5.91 Å². The van der Waals surface area contributed by atoms with Crippen molar-refractivity contribution in [2.75, 3.05) is 6.61 Å². The molecule has 2 aromatic rings. The number of amides is 1. The lowest BCUT2D eigenvalue weighted by molar-refractivity contribution is -0.121. The van der Waals surface area contributed by atoms with E-state index in [1.807, 2.05) is 6.92 Å². The van der Waals surface area contributed by atoms with Gasteiger partial charge in [-0.25, -0.2) is 5.43 Å². The number of benzene rings is 2. The number of phenols is 1. The largest absolute Gasteiger partial charge is 0.506 e. The number of aromatic hydroxyl groups is 1. The molecular weight excluding hydrogens is 480 g/mol. The summed E-state index contributed by atoms with van der Waals surface area (Å²) in [6.45, 7) is 2.48. The number of hydrogen-bond acceptors (Lipinski definition) is 5. The van der Waals surface area contributed by atoms with Gasteiger partial charge in [0.25, 0.3) is 0 Å². The number of nitrogens with one attached hydrogen (secondary N) is 1. The minimum Gasteiger partial charge on any atom is -0.506 e. The summed E-state index contributed by atoms with van der Waals surface area (Å²) in [5.74, 6) is 0.440. The first-order valence-electron chi connectivity index (χ1n) is 8.31. The molecule has 0 saturated carbocycles. The van der Waals surface area contributed by atoms with Crippen molar-refractivity contribution in [3.05, 3.63) is 56.5 Å². The maximum Gasteiger partial charge on any atom is 0.240 e. The standard InChI is InChI=1S/C19H20Br2N2O4/c1-2-27-15-5-3-12(4-6-15)17(24)7-8-18(25)23-22-11-13-9-14(20)10-16(21)19(13)26/h3-6,9-11,17,24,26H,2,7-8H2,1H3,(H,23,25)/b22-11+/t17-/m1/s1. The van der Waals surface area contributed by atoms with Gasteiger partial charge in [0.15, 0.2) is 0 Å². The molecule has 144 valence electrons. The van der Waals surface area contributed by atoms with E-state index < -0.39 is 6.10 Å². The zero-order chi connectivity index (χ0) is 19.8. The number of rotatable bonds is 8. The third-order valence-electron chi connectivity index (χ3n) is 3.67. The molecule has 0 fully saturated rings. The minimum atomic E-state index is -0.750. The summed E-state index contributed by atoms with van der Waals surface area (Å²) in [5, 5.41) is 24.0. The van der Waals surface area contributed by atoms with Crippen molar-refractivity contribution >= 4 is 44.0 Å². The lowest BCUT2D eigenvalue weighted by atomic mass is 10.0. The van der Waals surface area contributed by atoms with Crippen LogP contribution in [-0.2, 0) is 4.79 Å². The molecule has 6 nitrogen and oxygen atoms in total. The van der Waals surface area contributed by atoms with Crippen LogP contribution in [0.2, 0.25) is 0 Å². The van der Waals surface area contributed by atoms with Crippen LogP contribution in [0.15, 0.2) is 50.4 Å². The Morgan fingerprint density at radius 2 is 2.00 bits per heavy atom. The van der Waals surface area contributed by atoms with Crippen LogP contribution < -0.4 is 10.2 Å². The molecule has 0 bridgehead atoms. The van der Waals surface area contributed by atoms with E-state index in [-0.39, 0.29) is 24.5 Å². The van der Waals surface area contributed by atoms with Gasteiger partial charge in [0.05, 0.1) is 23.4 Å². The van der Waals surface area contributed by atoms with E-state index in [4.69, 9.17) is 4.74 Å². The summed E-state index contributed by atoms with van der Waals surface area (Å²) >= 11 is 6.55. The highest BCUT2D eigenvalue weighted by Crippen LogP contribution is 2.30. The highest BCUT2D eigenvalue weighted by molar-refractivity contribution is 9.11. The first-order chi connectivity index (χ1) is 12.9. The molecule has 1 atom stereocenters. The maximum absolute atomic E-state index is 11.9. The Bertz CT molecular complexity index is 810. The third kappa shape index (κ3) is 6.64. The Morgan fingerprint density at radius 3 is 2.67 bits per heavy atom. The van der Waals surface area contributed by atoms with Crippen molar-refractivity contribution in [2.45, 2.75) is 25.9 Å². The SMILES string of the molecule is CCOc1ccc([C@H](O)CCC(=O)N/N=C/c2cc(Br)cc(Br)c2O)cc1. The Balaban J connectivity index is 1.83. The van der Waals surface area contributed by atoms with Crippen molar-refractivity contribution in [3.63, 3.8) is 0 Å². The summed E-state index contributed by atoms with van der Waals surface area (Å²) in [6.07, 6.45) is 0.981. The Morgan fingerprint density at radius 1 is 1.30 bits per heavy atom. The summed E-state index contributed by atoms with van der Waals surface area (Å²) in [5.41, 5.74) is 3.56. The first-order valence-corrected chi connectivity index (χ1v) is 9.90. The van der Waals surface area contributed by atoms with Gasteiger partial charge in [-0.15, -0.1) is 0 Å². The van der Waals surface area contributed by atoms with Crippen LogP contribution in [0.4, 0.5) is 0 Å². The highest BCUT2D eigenvalue weighted by atomic mass is 79.9. The van der Waals surface area contributed by atoms with Crippen LogP contribution in [-0.4, -0.2) is 28.9 Å². The van der Waals surface area contributed by atoms with Crippen molar-refractivity contribution < 1.29 is 19.7 Å². The molecule has 27 heavy (non-hydrogen) atoms. The number of hydrogen-bond donors (Lipinski definition) is 3. The molecule has 8 heteroatoms. The molecule has 2 rings (SSSR count). The molecule has 0 spiro atoms. The van der Waals surface area contributed by atoms with Crippen LogP contribution in [0.1, 0.15) is 37.0 Å². The quantitative estimate of drug-likeness (QED) is 0.373. The van der Waals surface area contributed by atoms with Crippen LogP contribution in [0, 0.1) is 0 Å². The van der Waals surface area contributed by atoms with E-state index >= 15 is 0 Å². The topological polar surface area (TPSA) is 91.2 Å². The summed E-state index contributed by atoms with van der Waals surface area (Å²) in [4.78, 5) is 11.9. The van der Waals surface area contributed by atoms with E-state index in [1.165, 1.54) is 6.21 Å². The second kappa shape index (κ2) is 10.4. The molecule has 0 radical (unpaired) electrons. The third-order valence-corrected chi connectivity index (χ3v) is 4.73. The van der Waals surface area contributed by atoms with Gasteiger partial charge in [-0.1, -0.05) is 28.1 Å². The van der Waals surface area contributed by atoms with Crippen LogP contribution >= 0.6 is 31.9 Å². The van der Waals surface area contributed by atoms with Gasteiger partial charge in [0, 0.05) is 16.5 Å². The number of nitrogens with zero attached hydrogens (tertiary/aromatic N) is 1. The van der Waals surface area contributed by atoms with Gasteiger partial charge >= 0.3 is 0 Å². The zero-order valence-corrected chi connectivity index (χ0v) is 17.8. The first kappa shape index (κ1) is 21.4. The molecule has 0 aliphatic heterocycles. The molecule has 0 aromatic heterocycles. The minimum absolute atomic E-state index is 0.0297. The number of aliphatic hydroxyl groups excluding tert-OH is 1. The predicted molar refractivity (Wildman–Crippen MR) is 111 cm³/mol. The lowest BCUT2D eigenvalue weighted by Crippen LogP contribution is -2.18. The van der Waals surface area contributed by atoms with E-state index in [2.05, 4.69) is 42.4 Å². The molecular formula is C19H20Br2N2O4. The van der Waals surface area contributed by atoms with E-state index in [9.17, 15) is 15.0 Å². The van der Waals surface area contributed by atoms with Crippen LogP contribution in [0.3, 0.4) is 0 Å². The molecule has 1 amide bonds. The summed E-state index contributed by atoms with van der Waals surface area (Å²) in [6, 6.07) is 10.5. The van der Waals surface area contributed by atoms with Crippen molar-refractivity contribution in [3.8, 4) is 11.5 Å². The number of phenolic OH excluding ortho intramolecular Hbond substituents is 1. The summed E-state index contributed by atoms with van der Waals surface area (Å²) in [7, 11) is 0. The number of ether oxygens (including phenoxy) is 1. The molecule has 0 aliphatic rings. The highest BCUT2D eigenvalue weighted by Gasteiger charge is 2.11. The molecule has 0 heterocycles. The van der Waals surface area contributed by atoms with E-state index in [0.29, 0.717) is 16.6 Å². The maximum atomic E-state index is 11.9. The van der Waals surface area contributed by atoms with E-state index in [1.54, 1.807) is 36.4 Å². The van der Waals surface area contributed by atoms with Crippen molar-refractivity contribution in [1.82, 2.24) is 5.43 Å².